The summed E-state index contributed by atoms with van der Waals surface area (Å²) < 4.78 is 17.7. The molecule has 1 fully saturated rings. The summed E-state index contributed by atoms with van der Waals surface area (Å²) in [6, 6.07) is 13.3. The molecule has 5 nitrogen and oxygen atoms in total. The van der Waals surface area contributed by atoms with E-state index < -0.39 is 11.9 Å². The van der Waals surface area contributed by atoms with E-state index in [0.29, 0.717) is 11.3 Å². The van der Waals surface area contributed by atoms with E-state index in [9.17, 15) is 14.0 Å². The predicted octanol–water partition coefficient (Wildman–Crippen LogP) is 4.01. The summed E-state index contributed by atoms with van der Waals surface area (Å²) in [5, 5.41) is 2.71. The zero-order valence-electron chi connectivity index (χ0n) is 15.6. The van der Waals surface area contributed by atoms with Gasteiger partial charge in [0.1, 0.15) is 5.82 Å². The highest BCUT2D eigenvalue weighted by molar-refractivity contribution is 5.94. The minimum absolute atomic E-state index is 0.347. The number of hydrogen-bond acceptors (Lipinski definition) is 4. The number of nitrogens with zero attached hydrogens (tertiary/aromatic N) is 1. The van der Waals surface area contributed by atoms with Crippen LogP contribution in [0.1, 0.15) is 24.8 Å². The van der Waals surface area contributed by atoms with Gasteiger partial charge in [0.2, 0.25) is 0 Å². The van der Waals surface area contributed by atoms with Gasteiger partial charge >= 0.3 is 5.97 Å². The maximum absolute atomic E-state index is 12.8. The molecule has 1 aliphatic rings. The zero-order valence-corrected chi connectivity index (χ0v) is 15.6. The monoisotopic (exact) mass is 382 g/mol. The van der Waals surface area contributed by atoms with Crippen LogP contribution in [0.3, 0.4) is 0 Å². The summed E-state index contributed by atoms with van der Waals surface area (Å²) in [4.78, 5) is 26.0. The first-order chi connectivity index (χ1) is 13.6. The average molecular weight is 382 g/mol. The Bertz CT molecular complexity index is 826. The molecule has 146 valence electrons. The Morgan fingerprint density at radius 1 is 1.00 bits per heavy atom. The molecule has 0 bridgehead atoms. The first kappa shape index (κ1) is 19.6. The largest absolute Gasteiger partial charge is 0.452 e. The molecule has 28 heavy (non-hydrogen) atoms. The van der Waals surface area contributed by atoms with Crippen LogP contribution in [0.4, 0.5) is 15.8 Å². The summed E-state index contributed by atoms with van der Waals surface area (Å²) in [6.45, 7) is 1.75. The van der Waals surface area contributed by atoms with Crippen LogP contribution in [0.5, 0.6) is 0 Å². The van der Waals surface area contributed by atoms with Crippen molar-refractivity contribution in [2.24, 2.45) is 0 Å². The van der Waals surface area contributed by atoms with Crippen molar-refractivity contribution in [3.8, 4) is 0 Å². The van der Waals surface area contributed by atoms with Gasteiger partial charge in [0.15, 0.2) is 6.61 Å². The lowest BCUT2D eigenvalue weighted by Gasteiger charge is -2.28. The molecule has 0 unspecified atom stereocenters. The number of halogens is 1. The van der Waals surface area contributed by atoms with Gasteiger partial charge in [0.05, 0.1) is 0 Å². The third-order valence-electron chi connectivity index (χ3n) is 4.50. The minimum Gasteiger partial charge on any atom is -0.452 e. The molecule has 1 amide bonds. The molecule has 0 aromatic heterocycles. The normalized spacial score (nSPS) is 14.1. The third-order valence-corrected chi connectivity index (χ3v) is 4.50. The second-order valence-corrected chi connectivity index (χ2v) is 6.64. The maximum Gasteiger partial charge on any atom is 0.331 e. The molecule has 1 aliphatic heterocycles. The Hall–Kier alpha value is -3.15. The number of carbonyl (C=O) groups is 2. The lowest BCUT2D eigenvalue weighted by molar-refractivity contribution is -0.142. The fourth-order valence-electron chi connectivity index (χ4n) is 3.03. The maximum atomic E-state index is 12.8. The van der Waals surface area contributed by atoms with Crippen molar-refractivity contribution in [3.05, 3.63) is 66.0 Å². The van der Waals surface area contributed by atoms with Crippen LogP contribution in [0.2, 0.25) is 0 Å². The number of anilines is 2. The van der Waals surface area contributed by atoms with Crippen molar-refractivity contribution in [2.45, 2.75) is 19.3 Å². The van der Waals surface area contributed by atoms with E-state index in [1.807, 2.05) is 24.3 Å². The molecular formula is C22H23FN2O3. The first-order valence-electron chi connectivity index (χ1n) is 9.35. The molecule has 0 saturated carbocycles. The highest BCUT2D eigenvalue weighted by Crippen LogP contribution is 2.21. The van der Waals surface area contributed by atoms with Gasteiger partial charge < -0.3 is 15.0 Å². The quantitative estimate of drug-likeness (QED) is 0.606. The number of hydrogen-bond donors (Lipinski definition) is 1. The van der Waals surface area contributed by atoms with E-state index in [-0.39, 0.29) is 12.4 Å². The van der Waals surface area contributed by atoms with E-state index >= 15 is 0 Å². The second-order valence-electron chi connectivity index (χ2n) is 6.64. The van der Waals surface area contributed by atoms with Crippen LogP contribution in [0.15, 0.2) is 54.6 Å². The summed E-state index contributed by atoms with van der Waals surface area (Å²) in [5.74, 6) is -1.39. The van der Waals surface area contributed by atoms with Gasteiger partial charge in [-0.15, -0.1) is 0 Å². The van der Waals surface area contributed by atoms with Gasteiger partial charge in [-0.25, -0.2) is 9.18 Å². The van der Waals surface area contributed by atoms with E-state index in [2.05, 4.69) is 10.2 Å². The van der Waals surface area contributed by atoms with Crippen molar-refractivity contribution in [2.75, 3.05) is 29.9 Å². The number of rotatable bonds is 6. The third kappa shape index (κ3) is 5.94. The number of carbonyl (C=O) groups excluding carboxylic acids is 2. The number of esters is 1. The van der Waals surface area contributed by atoms with Gasteiger partial charge in [-0.2, -0.15) is 0 Å². The smallest absolute Gasteiger partial charge is 0.331 e. The molecule has 0 radical (unpaired) electrons. The van der Waals surface area contributed by atoms with E-state index in [0.717, 1.165) is 18.8 Å². The summed E-state index contributed by atoms with van der Waals surface area (Å²) in [6.07, 6.45) is 6.40. The lowest BCUT2D eigenvalue weighted by atomic mass is 10.1. The Balaban J connectivity index is 1.43. The molecule has 1 saturated heterocycles. The number of piperidine rings is 1. The Labute approximate surface area is 163 Å². The topological polar surface area (TPSA) is 58.6 Å². The van der Waals surface area contributed by atoms with E-state index in [4.69, 9.17) is 4.74 Å². The molecule has 6 heteroatoms. The Morgan fingerprint density at radius 2 is 1.68 bits per heavy atom. The van der Waals surface area contributed by atoms with E-state index in [1.54, 1.807) is 12.1 Å². The van der Waals surface area contributed by atoms with Crippen LogP contribution in [0, 0.1) is 5.82 Å². The zero-order chi connectivity index (χ0) is 19.8. The van der Waals surface area contributed by atoms with E-state index in [1.165, 1.54) is 43.5 Å². The van der Waals surface area contributed by atoms with Crippen molar-refractivity contribution in [1.29, 1.82) is 0 Å². The number of benzene rings is 2. The van der Waals surface area contributed by atoms with Crippen LogP contribution >= 0.6 is 0 Å². The second kappa shape index (κ2) is 9.69. The molecule has 0 atom stereocenters. The van der Waals surface area contributed by atoms with Crippen molar-refractivity contribution in [1.82, 2.24) is 0 Å². The molecule has 1 heterocycles. The number of ether oxygens (including phenoxy) is 1. The van der Waals surface area contributed by atoms with Crippen LogP contribution in [-0.2, 0) is 14.3 Å². The first-order valence-corrected chi connectivity index (χ1v) is 9.35. The predicted molar refractivity (Wildman–Crippen MR) is 108 cm³/mol. The molecule has 3 rings (SSSR count). The molecule has 0 spiro atoms. The van der Waals surface area contributed by atoms with Gasteiger partial charge in [0, 0.05) is 30.5 Å². The molecular weight excluding hydrogens is 359 g/mol. The number of amides is 1. The molecule has 2 aromatic rings. The van der Waals surface area contributed by atoms with Gasteiger partial charge in [-0.3, -0.25) is 4.79 Å². The van der Waals surface area contributed by atoms with Crippen LogP contribution < -0.4 is 10.2 Å². The Kier molecular flexibility index (Phi) is 6.78. The van der Waals surface area contributed by atoms with Crippen LogP contribution in [-0.4, -0.2) is 31.6 Å². The fourth-order valence-corrected chi connectivity index (χ4v) is 3.03. The van der Waals surface area contributed by atoms with Gasteiger partial charge in [0.25, 0.3) is 5.91 Å². The minimum atomic E-state index is -0.639. The Morgan fingerprint density at radius 3 is 2.36 bits per heavy atom. The van der Waals surface area contributed by atoms with Gasteiger partial charge in [-0.05, 0) is 67.3 Å². The summed E-state index contributed by atoms with van der Waals surface area (Å²) in [5.41, 5.74) is 2.47. The van der Waals surface area contributed by atoms with Gasteiger partial charge in [-0.1, -0.05) is 12.1 Å². The van der Waals surface area contributed by atoms with Crippen molar-refractivity contribution in [3.63, 3.8) is 0 Å². The number of nitrogens with one attached hydrogen (secondary N) is 1. The molecule has 2 aromatic carbocycles. The lowest BCUT2D eigenvalue weighted by Crippen LogP contribution is -2.29. The van der Waals surface area contributed by atoms with Crippen LogP contribution in [0.25, 0.3) is 6.08 Å². The van der Waals surface area contributed by atoms with Crippen molar-refractivity contribution >= 4 is 29.3 Å². The fraction of sp³-hybridized carbons (Fsp3) is 0.273. The summed E-state index contributed by atoms with van der Waals surface area (Å²) >= 11 is 0. The standard InChI is InChI=1S/C22H23FN2O3/c23-18-7-4-17(5-8-18)6-13-22(27)28-16-21(26)24-19-9-11-20(12-10-19)25-14-2-1-3-15-25/h4-13H,1-3,14-16H2,(H,24,26). The molecule has 0 aliphatic carbocycles. The molecule has 1 N–H and O–H groups in total. The summed E-state index contributed by atoms with van der Waals surface area (Å²) in [7, 11) is 0. The average Bonchev–Trinajstić information content (AvgIpc) is 2.73. The van der Waals surface area contributed by atoms with Crippen molar-refractivity contribution < 1.29 is 18.7 Å². The highest BCUT2D eigenvalue weighted by Gasteiger charge is 2.11. The SMILES string of the molecule is O=C(COC(=O)C=Cc1ccc(F)cc1)Nc1ccc(N2CCCCC2)cc1. The highest BCUT2D eigenvalue weighted by atomic mass is 19.1.